The zero-order chi connectivity index (χ0) is 18.0. The topological polar surface area (TPSA) is 107 Å². The number of nitrogens with one attached hydrogen (secondary N) is 2. The highest BCUT2D eigenvalue weighted by atomic mass is 19.1. The molecule has 126 valence electrons. The molecule has 8 heteroatoms. The smallest absolute Gasteiger partial charge is 0.292 e. The van der Waals surface area contributed by atoms with Crippen molar-refractivity contribution in [2.45, 2.75) is 6.92 Å². The molecule has 0 saturated carbocycles. The van der Waals surface area contributed by atoms with Crippen LogP contribution < -0.4 is 11.0 Å². The average molecular weight is 340 g/mol. The summed E-state index contributed by atoms with van der Waals surface area (Å²) in [6.45, 7) is 1.51. The Morgan fingerprint density at radius 3 is 2.72 bits per heavy atom. The molecule has 3 N–H and O–H groups in total. The number of aromatic nitrogens is 2. The zero-order valence-corrected chi connectivity index (χ0v) is 13.1. The van der Waals surface area contributed by atoms with Gasteiger partial charge in [-0.15, -0.1) is 0 Å². The van der Waals surface area contributed by atoms with Gasteiger partial charge in [-0.2, -0.15) is 10.2 Å². The van der Waals surface area contributed by atoms with E-state index in [4.69, 9.17) is 0 Å². The fraction of sp³-hybridized carbons (Fsp3) is 0.0588. The van der Waals surface area contributed by atoms with Crippen LogP contribution in [0.3, 0.4) is 0 Å². The third-order valence-corrected chi connectivity index (χ3v) is 3.58. The van der Waals surface area contributed by atoms with Gasteiger partial charge in [0.25, 0.3) is 11.5 Å². The molecule has 25 heavy (non-hydrogen) atoms. The molecular weight excluding hydrogens is 327 g/mol. The molecule has 1 heterocycles. The van der Waals surface area contributed by atoms with Crippen LogP contribution in [-0.4, -0.2) is 26.9 Å². The standard InChI is InChI=1S/C17H13FN4O3/c1-9(13-8-10(18)6-7-14(13)23)19-22-17(25)15-11-4-2-3-5-12(11)16(24)21-20-15/h2-8,23H,1H3,(H,21,24)(H,22,25)/b19-9+. The number of carbonyl (C=O) groups is 1. The molecule has 0 fully saturated rings. The number of H-pyrrole nitrogens is 1. The Kier molecular flexibility index (Phi) is 4.25. The maximum absolute atomic E-state index is 13.3. The Bertz CT molecular complexity index is 1060. The Hall–Kier alpha value is -3.55. The number of carbonyl (C=O) groups excluding carboxylic acids is 1. The second-order valence-corrected chi connectivity index (χ2v) is 5.25. The van der Waals surface area contributed by atoms with Crippen molar-refractivity contribution in [3.8, 4) is 5.75 Å². The van der Waals surface area contributed by atoms with Gasteiger partial charge in [0.05, 0.1) is 11.1 Å². The summed E-state index contributed by atoms with van der Waals surface area (Å²) < 4.78 is 13.3. The van der Waals surface area contributed by atoms with Crippen molar-refractivity contribution >= 4 is 22.4 Å². The number of fused-ring (bicyclic) bond motifs is 1. The van der Waals surface area contributed by atoms with Crippen LogP contribution in [0.5, 0.6) is 5.75 Å². The molecule has 1 amide bonds. The van der Waals surface area contributed by atoms with Gasteiger partial charge >= 0.3 is 0 Å². The summed E-state index contributed by atoms with van der Waals surface area (Å²) in [7, 11) is 0. The van der Waals surface area contributed by atoms with Crippen LogP contribution in [0.2, 0.25) is 0 Å². The number of aromatic hydroxyl groups is 1. The molecule has 1 aromatic heterocycles. The fourth-order valence-corrected chi connectivity index (χ4v) is 2.33. The molecule has 3 aromatic rings. The summed E-state index contributed by atoms with van der Waals surface area (Å²) in [4.78, 5) is 24.1. The minimum absolute atomic E-state index is 0.00443. The first-order valence-electron chi connectivity index (χ1n) is 7.28. The minimum Gasteiger partial charge on any atom is -0.507 e. The average Bonchev–Trinajstić information content (AvgIpc) is 2.62. The Balaban J connectivity index is 1.92. The number of benzene rings is 2. The van der Waals surface area contributed by atoms with Crippen LogP contribution >= 0.6 is 0 Å². The van der Waals surface area contributed by atoms with Gasteiger partial charge in [0.15, 0.2) is 5.69 Å². The maximum atomic E-state index is 13.3. The van der Waals surface area contributed by atoms with E-state index < -0.39 is 17.3 Å². The quantitative estimate of drug-likeness (QED) is 0.500. The minimum atomic E-state index is -0.650. The van der Waals surface area contributed by atoms with Gasteiger partial charge in [-0.3, -0.25) is 9.59 Å². The van der Waals surface area contributed by atoms with Crippen LogP contribution in [0, 0.1) is 5.82 Å². The van der Waals surface area contributed by atoms with Crippen molar-refractivity contribution in [2.24, 2.45) is 5.10 Å². The van der Waals surface area contributed by atoms with Gasteiger partial charge in [0.1, 0.15) is 11.6 Å². The number of hydrogen-bond donors (Lipinski definition) is 3. The monoisotopic (exact) mass is 340 g/mol. The van der Waals surface area contributed by atoms with Crippen molar-refractivity contribution in [3.05, 3.63) is 69.9 Å². The van der Waals surface area contributed by atoms with Gasteiger partial charge in [0, 0.05) is 10.9 Å². The highest BCUT2D eigenvalue weighted by molar-refractivity contribution is 6.06. The lowest BCUT2D eigenvalue weighted by Gasteiger charge is -2.06. The van der Waals surface area contributed by atoms with Crippen LogP contribution in [0.15, 0.2) is 52.4 Å². The van der Waals surface area contributed by atoms with Crippen molar-refractivity contribution in [3.63, 3.8) is 0 Å². The van der Waals surface area contributed by atoms with E-state index in [1.165, 1.54) is 13.0 Å². The molecule has 0 aliphatic rings. The summed E-state index contributed by atoms with van der Waals surface area (Å²) in [5.41, 5.74) is 2.24. The zero-order valence-electron chi connectivity index (χ0n) is 13.1. The molecule has 7 nitrogen and oxygen atoms in total. The fourth-order valence-electron chi connectivity index (χ4n) is 2.33. The summed E-state index contributed by atoms with van der Waals surface area (Å²) >= 11 is 0. The van der Waals surface area contributed by atoms with Gasteiger partial charge < -0.3 is 5.11 Å². The van der Waals surface area contributed by atoms with Gasteiger partial charge in [-0.1, -0.05) is 18.2 Å². The largest absolute Gasteiger partial charge is 0.507 e. The third-order valence-electron chi connectivity index (χ3n) is 3.58. The molecule has 0 atom stereocenters. The van der Waals surface area contributed by atoms with Crippen molar-refractivity contribution in [1.82, 2.24) is 15.6 Å². The SMILES string of the molecule is C/C(=N\NC(=O)c1n[nH]c(=O)c2ccccc12)c1cc(F)ccc1O. The van der Waals surface area contributed by atoms with Crippen LogP contribution in [0.4, 0.5) is 4.39 Å². The second kappa shape index (κ2) is 6.52. The lowest BCUT2D eigenvalue weighted by Crippen LogP contribution is -2.23. The van der Waals surface area contributed by atoms with E-state index in [9.17, 15) is 19.1 Å². The molecule has 3 rings (SSSR count). The summed E-state index contributed by atoms with van der Waals surface area (Å²) in [6.07, 6.45) is 0. The first kappa shape index (κ1) is 16.3. The van der Waals surface area contributed by atoms with Crippen LogP contribution in [-0.2, 0) is 0 Å². The first-order chi connectivity index (χ1) is 12.0. The van der Waals surface area contributed by atoms with Gasteiger partial charge in [-0.25, -0.2) is 14.9 Å². The van der Waals surface area contributed by atoms with Crippen LogP contribution in [0.1, 0.15) is 23.0 Å². The number of phenols is 1. The predicted molar refractivity (Wildman–Crippen MR) is 90.1 cm³/mol. The lowest BCUT2D eigenvalue weighted by atomic mass is 10.1. The van der Waals surface area contributed by atoms with Crippen molar-refractivity contribution in [2.75, 3.05) is 0 Å². The number of aromatic amines is 1. The molecule has 0 bridgehead atoms. The Morgan fingerprint density at radius 1 is 1.24 bits per heavy atom. The van der Waals surface area contributed by atoms with Gasteiger partial charge in [0.2, 0.25) is 0 Å². The summed E-state index contributed by atoms with van der Waals surface area (Å²) in [6, 6.07) is 9.94. The van der Waals surface area contributed by atoms with Crippen LogP contribution in [0.25, 0.3) is 10.8 Å². The lowest BCUT2D eigenvalue weighted by molar-refractivity contribution is 0.0950. The van der Waals surface area contributed by atoms with E-state index >= 15 is 0 Å². The highest BCUT2D eigenvalue weighted by Gasteiger charge is 2.14. The molecule has 0 spiro atoms. The van der Waals surface area contributed by atoms with Gasteiger partial charge in [-0.05, 0) is 31.2 Å². The van der Waals surface area contributed by atoms with E-state index in [1.807, 2.05) is 0 Å². The highest BCUT2D eigenvalue weighted by Crippen LogP contribution is 2.18. The number of phenolic OH excluding ortho intramolecular Hbond substituents is 1. The molecule has 0 aliphatic heterocycles. The molecule has 2 aromatic carbocycles. The maximum Gasteiger partial charge on any atom is 0.292 e. The number of hydrazone groups is 1. The molecule has 0 radical (unpaired) electrons. The van der Waals surface area contributed by atoms with E-state index in [0.717, 1.165) is 12.1 Å². The molecular formula is C17H13FN4O3. The molecule has 0 saturated heterocycles. The number of rotatable bonds is 3. The number of amides is 1. The predicted octanol–water partition coefficient (Wildman–Crippen LogP) is 1.92. The van der Waals surface area contributed by atoms with E-state index in [0.29, 0.717) is 10.8 Å². The first-order valence-corrected chi connectivity index (χ1v) is 7.28. The number of nitrogens with zero attached hydrogens (tertiary/aromatic N) is 2. The molecule has 0 aliphatic carbocycles. The third kappa shape index (κ3) is 3.23. The van der Waals surface area contributed by atoms with Crippen molar-refractivity contribution < 1.29 is 14.3 Å². The Labute approximate surface area is 140 Å². The Morgan fingerprint density at radius 2 is 1.96 bits per heavy atom. The second-order valence-electron chi connectivity index (χ2n) is 5.25. The number of halogens is 1. The normalized spacial score (nSPS) is 11.5. The van der Waals surface area contributed by atoms with E-state index in [1.54, 1.807) is 24.3 Å². The molecule has 0 unspecified atom stereocenters. The summed E-state index contributed by atoms with van der Waals surface area (Å²) in [5.74, 6) is -1.35. The van der Waals surface area contributed by atoms with E-state index in [2.05, 4.69) is 20.7 Å². The number of hydrogen-bond acceptors (Lipinski definition) is 5. The summed E-state index contributed by atoms with van der Waals surface area (Å²) in [5, 5.41) is 20.3. The van der Waals surface area contributed by atoms with E-state index in [-0.39, 0.29) is 22.7 Å². The van der Waals surface area contributed by atoms with Crippen molar-refractivity contribution in [1.29, 1.82) is 0 Å².